The van der Waals surface area contributed by atoms with Crippen LogP contribution in [-0.2, 0) is 5.41 Å². The van der Waals surface area contributed by atoms with Gasteiger partial charge in [0.1, 0.15) is 0 Å². The lowest BCUT2D eigenvalue weighted by molar-refractivity contribution is 0.528. The zero-order valence-corrected chi connectivity index (χ0v) is 12.8. The van der Waals surface area contributed by atoms with Gasteiger partial charge in [0.25, 0.3) is 0 Å². The Morgan fingerprint density at radius 2 is 1.57 bits per heavy atom. The summed E-state index contributed by atoms with van der Waals surface area (Å²) in [5, 5.41) is 0. The maximum Gasteiger partial charge on any atom is 0.0114 e. The molecule has 2 aliphatic carbocycles. The molecule has 0 spiro atoms. The van der Waals surface area contributed by atoms with Crippen molar-refractivity contribution in [2.24, 2.45) is 0 Å². The van der Waals surface area contributed by atoms with Crippen LogP contribution in [0.3, 0.4) is 0 Å². The fourth-order valence-electron chi connectivity index (χ4n) is 4.37. The summed E-state index contributed by atoms with van der Waals surface area (Å²) < 4.78 is 0. The summed E-state index contributed by atoms with van der Waals surface area (Å²) in [5.74, 6) is 1.24. The Morgan fingerprint density at radius 1 is 0.857 bits per heavy atom. The van der Waals surface area contributed by atoms with Gasteiger partial charge in [-0.1, -0.05) is 80.1 Å². The molecule has 0 aromatic heterocycles. The second-order valence-electron chi connectivity index (χ2n) is 6.98. The van der Waals surface area contributed by atoms with Crippen molar-refractivity contribution in [3.05, 3.63) is 82.9 Å². The smallest absolute Gasteiger partial charge is 0.0114 e. The van der Waals surface area contributed by atoms with Gasteiger partial charge in [0.15, 0.2) is 0 Å². The van der Waals surface area contributed by atoms with Crippen molar-refractivity contribution in [2.45, 2.75) is 43.9 Å². The zero-order chi connectivity index (χ0) is 14.4. The van der Waals surface area contributed by atoms with Gasteiger partial charge < -0.3 is 0 Å². The molecule has 0 saturated heterocycles. The first kappa shape index (κ1) is 12.9. The van der Waals surface area contributed by atoms with Gasteiger partial charge in [-0.25, -0.2) is 0 Å². The van der Waals surface area contributed by atoms with Crippen molar-refractivity contribution >= 4 is 0 Å². The van der Waals surface area contributed by atoms with Crippen molar-refractivity contribution < 1.29 is 0 Å². The van der Waals surface area contributed by atoms with Crippen LogP contribution in [0.5, 0.6) is 0 Å². The summed E-state index contributed by atoms with van der Waals surface area (Å²) in [6, 6.07) is 20.0. The number of fused-ring (bicyclic) bond motifs is 3. The summed E-state index contributed by atoms with van der Waals surface area (Å²) in [7, 11) is 0. The zero-order valence-electron chi connectivity index (χ0n) is 12.8. The van der Waals surface area contributed by atoms with Crippen molar-refractivity contribution in [3.63, 3.8) is 0 Å². The lowest BCUT2D eigenvalue weighted by Gasteiger charge is -2.31. The van der Waals surface area contributed by atoms with Crippen LogP contribution in [0.1, 0.15) is 55.2 Å². The van der Waals surface area contributed by atoms with E-state index in [1.807, 2.05) is 0 Å². The minimum absolute atomic E-state index is 0.189. The van der Waals surface area contributed by atoms with Gasteiger partial charge in [0.2, 0.25) is 0 Å². The fraction of sp³-hybridized carbons (Fsp3) is 0.333. The highest BCUT2D eigenvalue weighted by Gasteiger charge is 2.43. The molecule has 0 bridgehead atoms. The van der Waals surface area contributed by atoms with E-state index in [4.69, 9.17) is 0 Å². The van der Waals surface area contributed by atoms with E-state index in [-0.39, 0.29) is 5.41 Å². The molecule has 106 valence electrons. The van der Waals surface area contributed by atoms with Gasteiger partial charge in [0, 0.05) is 17.3 Å². The average Bonchev–Trinajstić information content (AvgIpc) is 2.77. The van der Waals surface area contributed by atoms with Crippen LogP contribution in [0.2, 0.25) is 0 Å². The predicted molar refractivity (Wildman–Crippen MR) is 88.7 cm³/mol. The first-order chi connectivity index (χ1) is 10.2. The van der Waals surface area contributed by atoms with Crippen molar-refractivity contribution in [3.8, 4) is 0 Å². The normalized spacial score (nSPS) is 25.9. The van der Waals surface area contributed by atoms with E-state index in [0.717, 1.165) is 0 Å². The van der Waals surface area contributed by atoms with E-state index >= 15 is 0 Å². The summed E-state index contributed by atoms with van der Waals surface area (Å²) in [5.41, 5.74) is 6.41. The summed E-state index contributed by atoms with van der Waals surface area (Å²) in [6.45, 7) is 4.79. The third-order valence-electron chi connectivity index (χ3n) is 5.48. The molecule has 0 saturated carbocycles. The summed E-state index contributed by atoms with van der Waals surface area (Å²) >= 11 is 0. The SMILES string of the molecule is CC1(C)C2=CC(c3ccccc3)CCC2c2ccccc21. The molecule has 0 heteroatoms. The Labute approximate surface area is 127 Å². The number of hydrogen-bond acceptors (Lipinski definition) is 0. The molecular formula is C21H22. The van der Waals surface area contributed by atoms with Crippen LogP contribution >= 0.6 is 0 Å². The van der Waals surface area contributed by atoms with Crippen LogP contribution in [0.25, 0.3) is 0 Å². The fourth-order valence-corrected chi connectivity index (χ4v) is 4.37. The van der Waals surface area contributed by atoms with E-state index in [1.165, 1.54) is 24.0 Å². The Morgan fingerprint density at radius 3 is 2.38 bits per heavy atom. The molecule has 0 N–H and O–H groups in total. The number of allylic oxidation sites excluding steroid dienone is 2. The molecule has 0 radical (unpaired) electrons. The topological polar surface area (TPSA) is 0 Å². The van der Waals surface area contributed by atoms with Crippen LogP contribution in [-0.4, -0.2) is 0 Å². The standard InChI is InChI=1S/C21H22/c1-21(2)19-11-7-6-10-17(19)18-13-12-16(14-20(18)21)15-8-4-3-5-9-15/h3-11,14,16,18H,12-13H2,1-2H3. The molecule has 0 fully saturated rings. The Balaban J connectivity index is 1.80. The van der Waals surface area contributed by atoms with E-state index in [0.29, 0.717) is 11.8 Å². The van der Waals surface area contributed by atoms with Gasteiger partial charge >= 0.3 is 0 Å². The molecular weight excluding hydrogens is 252 g/mol. The van der Waals surface area contributed by atoms with E-state index in [2.05, 4.69) is 74.5 Å². The van der Waals surface area contributed by atoms with Crippen LogP contribution < -0.4 is 0 Å². The van der Waals surface area contributed by atoms with E-state index in [1.54, 1.807) is 11.1 Å². The highest BCUT2D eigenvalue weighted by atomic mass is 14.5. The molecule has 0 amide bonds. The molecule has 2 aliphatic rings. The minimum Gasteiger partial charge on any atom is -0.0763 e. The van der Waals surface area contributed by atoms with Crippen LogP contribution in [0.15, 0.2) is 66.2 Å². The maximum absolute atomic E-state index is 2.57. The van der Waals surface area contributed by atoms with Gasteiger partial charge in [-0.3, -0.25) is 0 Å². The number of benzene rings is 2. The lowest BCUT2D eigenvalue weighted by atomic mass is 9.73. The maximum atomic E-state index is 2.57. The minimum atomic E-state index is 0.189. The summed E-state index contributed by atoms with van der Waals surface area (Å²) in [4.78, 5) is 0. The highest BCUT2D eigenvalue weighted by Crippen LogP contribution is 2.55. The third kappa shape index (κ3) is 1.89. The Hall–Kier alpha value is -1.82. The third-order valence-corrected chi connectivity index (χ3v) is 5.48. The monoisotopic (exact) mass is 274 g/mol. The molecule has 0 heterocycles. The summed E-state index contributed by atoms with van der Waals surface area (Å²) in [6.07, 6.45) is 5.12. The van der Waals surface area contributed by atoms with Gasteiger partial charge in [-0.05, 0) is 29.5 Å². The largest absolute Gasteiger partial charge is 0.0763 e. The van der Waals surface area contributed by atoms with E-state index in [9.17, 15) is 0 Å². The molecule has 0 aliphatic heterocycles. The highest BCUT2D eigenvalue weighted by molar-refractivity contribution is 5.55. The van der Waals surface area contributed by atoms with Gasteiger partial charge in [-0.15, -0.1) is 0 Å². The lowest BCUT2D eigenvalue weighted by Crippen LogP contribution is -2.20. The average molecular weight is 274 g/mol. The second kappa shape index (κ2) is 4.59. The predicted octanol–water partition coefficient (Wildman–Crippen LogP) is 5.57. The quantitative estimate of drug-likeness (QED) is 0.597. The Kier molecular flexibility index (Phi) is 2.82. The molecule has 4 rings (SSSR count). The molecule has 21 heavy (non-hydrogen) atoms. The van der Waals surface area contributed by atoms with Crippen molar-refractivity contribution in [1.82, 2.24) is 0 Å². The van der Waals surface area contributed by atoms with Crippen molar-refractivity contribution in [2.75, 3.05) is 0 Å². The molecule has 2 atom stereocenters. The molecule has 0 nitrogen and oxygen atoms in total. The second-order valence-corrected chi connectivity index (χ2v) is 6.98. The number of hydrogen-bond donors (Lipinski definition) is 0. The molecule has 2 aromatic rings. The van der Waals surface area contributed by atoms with Gasteiger partial charge in [0.05, 0.1) is 0 Å². The Bertz CT molecular complexity index is 691. The van der Waals surface area contributed by atoms with Crippen LogP contribution in [0, 0.1) is 0 Å². The van der Waals surface area contributed by atoms with Gasteiger partial charge in [-0.2, -0.15) is 0 Å². The number of rotatable bonds is 1. The van der Waals surface area contributed by atoms with E-state index < -0.39 is 0 Å². The molecule has 2 unspecified atom stereocenters. The van der Waals surface area contributed by atoms with Crippen LogP contribution in [0.4, 0.5) is 0 Å². The van der Waals surface area contributed by atoms with Crippen molar-refractivity contribution in [1.29, 1.82) is 0 Å². The first-order valence-electron chi connectivity index (χ1n) is 8.04. The first-order valence-corrected chi connectivity index (χ1v) is 8.04. The molecule has 2 aromatic carbocycles.